The first-order valence-electron chi connectivity index (χ1n) is 6.79. The number of amides is 2. The molecular weight excluding hydrogens is 254 g/mol. The van der Waals surface area contributed by atoms with E-state index in [9.17, 15) is 9.59 Å². The van der Waals surface area contributed by atoms with Crippen LogP contribution in [0.15, 0.2) is 24.3 Å². The van der Waals surface area contributed by atoms with Crippen LogP contribution < -0.4 is 11.1 Å². The number of nitrogen functional groups attached to an aromatic ring is 1. The number of piperazine rings is 1. The molecule has 0 aromatic heterocycles. The van der Waals surface area contributed by atoms with Crippen molar-refractivity contribution < 1.29 is 9.59 Å². The van der Waals surface area contributed by atoms with Crippen LogP contribution in [-0.2, 0) is 15.0 Å². The fraction of sp³-hybridized carbons (Fsp3) is 0.467. The monoisotopic (exact) mass is 275 g/mol. The van der Waals surface area contributed by atoms with Crippen LogP contribution in [0.3, 0.4) is 0 Å². The van der Waals surface area contributed by atoms with Gasteiger partial charge in [0.1, 0.15) is 6.04 Å². The van der Waals surface area contributed by atoms with E-state index in [-0.39, 0.29) is 11.8 Å². The van der Waals surface area contributed by atoms with Crippen molar-refractivity contribution in [2.45, 2.75) is 32.2 Å². The molecule has 1 fully saturated rings. The van der Waals surface area contributed by atoms with Crippen molar-refractivity contribution in [2.75, 3.05) is 18.8 Å². The summed E-state index contributed by atoms with van der Waals surface area (Å²) in [6.07, 6.45) is 0. The van der Waals surface area contributed by atoms with E-state index >= 15 is 0 Å². The van der Waals surface area contributed by atoms with Crippen LogP contribution >= 0.6 is 0 Å². The minimum Gasteiger partial charge on any atom is -0.399 e. The Balaban J connectivity index is 2.26. The first-order chi connectivity index (χ1) is 9.34. The second-order valence-corrected chi connectivity index (χ2v) is 5.71. The molecule has 0 radical (unpaired) electrons. The Morgan fingerprint density at radius 2 is 1.95 bits per heavy atom. The quantitative estimate of drug-likeness (QED) is 0.787. The maximum atomic E-state index is 12.8. The van der Waals surface area contributed by atoms with Crippen molar-refractivity contribution >= 4 is 17.5 Å². The smallest absolute Gasteiger partial charge is 0.242 e. The van der Waals surface area contributed by atoms with Crippen molar-refractivity contribution in [2.24, 2.45) is 0 Å². The molecule has 0 aliphatic carbocycles. The van der Waals surface area contributed by atoms with Gasteiger partial charge >= 0.3 is 0 Å². The third kappa shape index (κ3) is 2.48. The predicted molar refractivity (Wildman–Crippen MR) is 78.1 cm³/mol. The number of nitrogens with zero attached hydrogens (tertiary/aromatic N) is 1. The molecule has 0 saturated carbocycles. The maximum absolute atomic E-state index is 12.8. The van der Waals surface area contributed by atoms with Gasteiger partial charge in [0, 0.05) is 18.8 Å². The number of hydrogen-bond donors (Lipinski definition) is 2. The maximum Gasteiger partial charge on any atom is 0.242 e. The summed E-state index contributed by atoms with van der Waals surface area (Å²) in [4.78, 5) is 26.1. The molecule has 5 heteroatoms. The summed E-state index contributed by atoms with van der Waals surface area (Å²) in [5.74, 6) is -0.137. The summed E-state index contributed by atoms with van der Waals surface area (Å²) in [6.45, 7) is 6.56. The number of nitrogens with two attached hydrogens (primary N) is 1. The SMILES string of the molecule is CC1C(=O)NCCN1C(=O)C(C)(C)c1ccc(N)cc1. The average Bonchev–Trinajstić information content (AvgIpc) is 2.41. The van der Waals surface area contributed by atoms with Gasteiger partial charge in [-0.2, -0.15) is 0 Å². The Kier molecular flexibility index (Phi) is 3.70. The number of benzene rings is 1. The number of rotatable bonds is 2. The van der Waals surface area contributed by atoms with Gasteiger partial charge in [0.05, 0.1) is 5.41 Å². The van der Waals surface area contributed by atoms with Gasteiger partial charge < -0.3 is 16.0 Å². The van der Waals surface area contributed by atoms with Crippen LogP contribution in [0.5, 0.6) is 0 Å². The molecule has 2 amide bonds. The Labute approximate surface area is 119 Å². The molecule has 1 aliphatic heterocycles. The zero-order chi connectivity index (χ0) is 14.9. The zero-order valence-electron chi connectivity index (χ0n) is 12.1. The van der Waals surface area contributed by atoms with Gasteiger partial charge in [-0.05, 0) is 38.5 Å². The fourth-order valence-electron chi connectivity index (χ4n) is 2.44. The van der Waals surface area contributed by atoms with Crippen LogP contribution in [0, 0.1) is 0 Å². The molecule has 0 bridgehead atoms. The van der Waals surface area contributed by atoms with E-state index in [1.807, 2.05) is 26.0 Å². The Hall–Kier alpha value is -2.04. The van der Waals surface area contributed by atoms with Gasteiger partial charge in [0.25, 0.3) is 0 Å². The van der Waals surface area contributed by atoms with Crippen molar-refractivity contribution in [3.63, 3.8) is 0 Å². The van der Waals surface area contributed by atoms with Crippen LogP contribution in [0.4, 0.5) is 5.69 Å². The van der Waals surface area contributed by atoms with E-state index in [1.165, 1.54) is 0 Å². The number of nitrogens with one attached hydrogen (secondary N) is 1. The number of hydrogen-bond acceptors (Lipinski definition) is 3. The molecule has 1 saturated heterocycles. The third-order valence-corrected chi connectivity index (χ3v) is 3.93. The van der Waals surface area contributed by atoms with E-state index in [4.69, 9.17) is 5.73 Å². The molecule has 1 atom stereocenters. The van der Waals surface area contributed by atoms with E-state index in [1.54, 1.807) is 24.0 Å². The van der Waals surface area contributed by atoms with Gasteiger partial charge in [0.15, 0.2) is 0 Å². The van der Waals surface area contributed by atoms with E-state index in [0.29, 0.717) is 18.8 Å². The van der Waals surface area contributed by atoms with Gasteiger partial charge in [-0.15, -0.1) is 0 Å². The fourth-order valence-corrected chi connectivity index (χ4v) is 2.44. The predicted octanol–water partition coefficient (Wildman–Crippen LogP) is 0.893. The van der Waals surface area contributed by atoms with Crippen LogP contribution in [-0.4, -0.2) is 35.8 Å². The van der Waals surface area contributed by atoms with Gasteiger partial charge in [0.2, 0.25) is 11.8 Å². The molecule has 20 heavy (non-hydrogen) atoms. The molecular formula is C15H21N3O2. The lowest BCUT2D eigenvalue weighted by Crippen LogP contribution is -2.59. The lowest BCUT2D eigenvalue weighted by atomic mass is 9.82. The minimum atomic E-state index is -0.681. The molecule has 1 aromatic carbocycles. The highest BCUT2D eigenvalue weighted by Gasteiger charge is 2.38. The lowest BCUT2D eigenvalue weighted by Gasteiger charge is -2.38. The van der Waals surface area contributed by atoms with Crippen LogP contribution in [0.25, 0.3) is 0 Å². The second-order valence-electron chi connectivity index (χ2n) is 5.71. The van der Waals surface area contributed by atoms with Crippen molar-refractivity contribution in [1.82, 2.24) is 10.2 Å². The molecule has 1 unspecified atom stereocenters. The van der Waals surface area contributed by atoms with Gasteiger partial charge in [-0.25, -0.2) is 0 Å². The zero-order valence-corrected chi connectivity index (χ0v) is 12.1. The third-order valence-electron chi connectivity index (χ3n) is 3.93. The largest absolute Gasteiger partial charge is 0.399 e. The number of anilines is 1. The molecule has 0 spiro atoms. The summed E-state index contributed by atoms with van der Waals surface area (Å²) in [5.41, 5.74) is 6.57. The molecule has 1 aliphatic rings. The van der Waals surface area contributed by atoms with Crippen molar-refractivity contribution in [3.8, 4) is 0 Å². The second kappa shape index (κ2) is 5.15. The van der Waals surface area contributed by atoms with E-state index in [2.05, 4.69) is 5.32 Å². The summed E-state index contributed by atoms with van der Waals surface area (Å²) >= 11 is 0. The lowest BCUT2D eigenvalue weighted by molar-refractivity contribution is -0.146. The Bertz CT molecular complexity index is 522. The van der Waals surface area contributed by atoms with Gasteiger partial charge in [-0.1, -0.05) is 12.1 Å². The van der Waals surface area contributed by atoms with Crippen molar-refractivity contribution in [1.29, 1.82) is 0 Å². The minimum absolute atomic E-state index is 0.0374. The van der Waals surface area contributed by atoms with Crippen LogP contribution in [0.2, 0.25) is 0 Å². The van der Waals surface area contributed by atoms with Gasteiger partial charge in [-0.3, -0.25) is 9.59 Å². The van der Waals surface area contributed by atoms with E-state index in [0.717, 1.165) is 5.56 Å². The summed E-state index contributed by atoms with van der Waals surface area (Å²) < 4.78 is 0. The summed E-state index contributed by atoms with van der Waals surface area (Å²) in [5, 5.41) is 2.77. The van der Waals surface area contributed by atoms with E-state index < -0.39 is 11.5 Å². The molecule has 1 aromatic rings. The van der Waals surface area contributed by atoms with Crippen molar-refractivity contribution in [3.05, 3.63) is 29.8 Å². The molecule has 5 nitrogen and oxygen atoms in total. The Morgan fingerprint density at radius 3 is 2.55 bits per heavy atom. The molecule has 1 heterocycles. The standard InChI is InChI=1S/C15H21N3O2/c1-10-13(19)17-8-9-18(10)14(20)15(2,3)11-4-6-12(16)7-5-11/h4-7,10H,8-9,16H2,1-3H3,(H,17,19). The normalized spacial score (nSPS) is 19.6. The molecule has 108 valence electrons. The highest BCUT2D eigenvalue weighted by atomic mass is 16.2. The average molecular weight is 275 g/mol. The highest BCUT2D eigenvalue weighted by molar-refractivity contribution is 5.93. The molecule has 2 rings (SSSR count). The topological polar surface area (TPSA) is 75.4 Å². The Morgan fingerprint density at radius 1 is 1.35 bits per heavy atom. The summed E-state index contributed by atoms with van der Waals surface area (Å²) in [6, 6.07) is 6.88. The number of carbonyl (C=O) groups excluding carboxylic acids is 2. The molecule has 3 N–H and O–H groups in total. The summed E-state index contributed by atoms with van der Waals surface area (Å²) in [7, 11) is 0. The highest BCUT2D eigenvalue weighted by Crippen LogP contribution is 2.27. The first-order valence-corrected chi connectivity index (χ1v) is 6.79. The first kappa shape index (κ1) is 14.4. The van der Waals surface area contributed by atoms with Crippen LogP contribution in [0.1, 0.15) is 26.3 Å². The number of carbonyl (C=O) groups is 2.